The molecule has 0 radical (unpaired) electrons. The Labute approximate surface area is 126 Å². The summed E-state index contributed by atoms with van der Waals surface area (Å²) < 4.78 is 5.79. The SMILES string of the molecule is Cc1ccccc1C(=O)COc1ccccc1C(C)(C)C. The van der Waals surface area contributed by atoms with Crippen molar-refractivity contribution in [2.75, 3.05) is 6.61 Å². The van der Waals surface area contributed by atoms with E-state index in [-0.39, 0.29) is 17.8 Å². The summed E-state index contributed by atoms with van der Waals surface area (Å²) in [5.74, 6) is 0.795. The van der Waals surface area contributed by atoms with Crippen molar-refractivity contribution in [1.82, 2.24) is 0 Å². The Morgan fingerprint density at radius 3 is 2.29 bits per heavy atom. The first kappa shape index (κ1) is 15.3. The lowest BCUT2D eigenvalue weighted by molar-refractivity contribution is 0.0919. The second-order valence-electron chi connectivity index (χ2n) is 6.27. The summed E-state index contributed by atoms with van der Waals surface area (Å²) >= 11 is 0. The third-order valence-corrected chi connectivity index (χ3v) is 3.50. The lowest BCUT2D eigenvalue weighted by Gasteiger charge is -2.22. The van der Waals surface area contributed by atoms with Crippen molar-refractivity contribution in [3.05, 3.63) is 65.2 Å². The van der Waals surface area contributed by atoms with Gasteiger partial charge in [-0.15, -0.1) is 0 Å². The number of rotatable bonds is 4. The first-order chi connectivity index (χ1) is 9.89. The minimum absolute atomic E-state index is 0.0109. The second kappa shape index (κ2) is 6.13. The van der Waals surface area contributed by atoms with Crippen LogP contribution >= 0.6 is 0 Å². The molecule has 0 saturated carbocycles. The van der Waals surface area contributed by atoms with Gasteiger partial charge in [0.2, 0.25) is 0 Å². The molecule has 0 N–H and O–H groups in total. The number of ketones is 1. The van der Waals surface area contributed by atoms with Gasteiger partial charge in [0.15, 0.2) is 12.4 Å². The van der Waals surface area contributed by atoms with Crippen LogP contribution in [0.25, 0.3) is 0 Å². The van der Waals surface area contributed by atoms with E-state index in [1.807, 2.05) is 55.5 Å². The lowest BCUT2D eigenvalue weighted by Crippen LogP contribution is -2.17. The number of ether oxygens (including phenoxy) is 1. The van der Waals surface area contributed by atoms with Crippen molar-refractivity contribution in [2.24, 2.45) is 0 Å². The second-order valence-corrected chi connectivity index (χ2v) is 6.27. The van der Waals surface area contributed by atoms with Gasteiger partial charge in [0.1, 0.15) is 5.75 Å². The van der Waals surface area contributed by atoms with Crippen LogP contribution in [0.15, 0.2) is 48.5 Å². The zero-order valence-corrected chi connectivity index (χ0v) is 13.1. The van der Waals surface area contributed by atoms with E-state index in [2.05, 4.69) is 20.8 Å². The van der Waals surface area contributed by atoms with Crippen molar-refractivity contribution in [3.8, 4) is 5.75 Å². The highest BCUT2D eigenvalue weighted by atomic mass is 16.5. The summed E-state index contributed by atoms with van der Waals surface area (Å²) in [4.78, 5) is 12.3. The number of carbonyl (C=O) groups excluding carboxylic acids is 1. The molecule has 0 amide bonds. The number of para-hydroxylation sites is 1. The van der Waals surface area contributed by atoms with Crippen molar-refractivity contribution >= 4 is 5.78 Å². The molecule has 0 aliphatic rings. The Morgan fingerprint density at radius 1 is 1.00 bits per heavy atom. The van der Waals surface area contributed by atoms with Gasteiger partial charge < -0.3 is 4.74 Å². The maximum Gasteiger partial charge on any atom is 0.200 e. The fourth-order valence-electron chi connectivity index (χ4n) is 2.32. The molecule has 21 heavy (non-hydrogen) atoms. The minimum atomic E-state index is -0.0116. The molecule has 0 aliphatic carbocycles. The van der Waals surface area contributed by atoms with Gasteiger partial charge in [0.05, 0.1) is 0 Å². The smallest absolute Gasteiger partial charge is 0.200 e. The number of hydrogen-bond acceptors (Lipinski definition) is 2. The Balaban J connectivity index is 2.14. The molecule has 0 spiro atoms. The molecule has 0 bridgehead atoms. The average molecular weight is 282 g/mol. The fraction of sp³-hybridized carbons (Fsp3) is 0.316. The first-order valence-electron chi connectivity index (χ1n) is 7.21. The summed E-state index contributed by atoms with van der Waals surface area (Å²) in [6, 6.07) is 15.5. The van der Waals surface area contributed by atoms with E-state index in [1.165, 1.54) is 0 Å². The molecule has 0 saturated heterocycles. The molecule has 2 heteroatoms. The molecule has 2 aromatic carbocycles. The number of hydrogen-bond donors (Lipinski definition) is 0. The van der Waals surface area contributed by atoms with Gasteiger partial charge in [-0.2, -0.15) is 0 Å². The van der Waals surface area contributed by atoms with Crippen molar-refractivity contribution in [1.29, 1.82) is 0 Å². The molecule has 0 aromatic heterocycles. The van der Waals surface area contributed by atoms with Gasteiger partial charge in [-0.3, -0.25) is 4.79 Å². The standard InChI is InChI=1S/C19H22O2/c1-14-9-5-6-10-15(14)17(20)13-21-18-12-8-7-11-16(18)19(2,3)4/h5-12H,13H2,1-4H3. The van der Waals surface area contributed by atoms with Crippen LogP contribution in [-0.2, 0) is 5.41 Å². The highest BCUT2D eigenvalue weighted by molar-refractivity contribution is 5.98. The Hall–Kier alpha value is -2.09. The summed E-state index contributed by atoms with van der Waals surface area (Å²) in [5.41, 5.74) is 2.81. The third-order valence-electron chi connectivity index (χ3n) is 3.50. The zero-order chi connectivity index (χ0) is 15.5. The summed E-state index contributed by atoms with van der Waals surface area (Å²) in [6.07, 6.45) is 0. The summed E-state index contributed by atoms with van der Waals surface area (Å²) in [6.45, 7) is 8.42. The van der Waals surface area contributed by atoms with Crippen LogP contribution in [0.5, 0.6) is 5.75 Å². The van der Waals surface area contributed by atoms with E-state index in [4.69, 9.17) is 4.74 Å². The maximum absolute atomic E-state index is 12.3. The highest BCUT2D eigenvalue weighted by Gasteiger charge is 2.19. The van der Waals surface area contributed by atoms with E-state index in [1.54, 1.807) is 0 Å². The van der Waals surface area contributed by atoms with Gasteiger partial charge in [-0.05, 0) is 29.5 Å². The molecule has 2 nitrogen and oxygen atoms in total. The molecule has 2 aromatic rings. The third kappa shape index (κ3) is 3.72. The van der Waals surface area contributed by atoms with Gasteiger partial charge in [0.25, 0.3) is 0 Å². The predicted molar refractivity (Wildman–Crippen MR) is 86.1 cm³/mol. The number of aryl methyl sites for hydroxylation is 1. The first-order valence-corrected chi connectivity index (χ1v) is 7.21. The maximum atomic E-state index is 12.3. The number of carbonyl (C=O) groups is 1. The van der Waals surface area contributed by atoms with Gasteiger partial charge in [-0.25, -0.2) is 0 Å². The molecular formula is C19H22O2. The highest BCUT2D eigenvalue weighted by Crippen LogP contribution is 2.31. The molecule has 0 heterocycles. The molecule has 110 valence electrons. The van der Waals surface area contributed by atoms with E-state index < -0.39 is 0 Å². The van der Waals surface area contributed by atoms with E-state index >= 15 is 0 Å². The number of Topliss-reactive ketones (excluding diaryl/α,β-unsaturated/α-hetero) is 1. The van der Waals surface area contributed by atoms with Crippen LogP contribution < -0.4 is 4.74 Å². The topological polar surface area (TPSA) is 26.3 Å². The van der Waals surface area contributed by atoms with E-state index in [0.717, 1.165) is 22.4 Å². The molecule has 2 rings (SSSR count). The van der Waals surface area contributed by atoms with Crippen molar-refractivity contribution < 1.29 is 9.53 Å². The lowest BCUT2D eigenvalue weighted by atomic mass is 9.86. The predicted octanol–water partition coefficient (Wildman–Crippen LogP) is 4.55. The molecular weight excluding hydrogens is 260 g/mol. The van der Waals surface area contributed by atoms with Crippen LogP contribution in [0.1, 0.15) is 42.3 Å². The Morgan fingerprint density at radius 2 is 1.62 bits per heavy atom. The van der Waals surface area contributed by atoms with Crippen molar-refractivity contribution in [3.63, 3.8) is 0 Å². The fourth-order valence-corrected chi connectivity index (χ4v) is 2.32. The van der Waals surface area contributed by atoms with Gasteiger partial charge >= 0.3 is 0 Å². The molecule has 0 aliphatic heterocycles. The van der Waals surface area contributed by atoms with Crippen LogP contribution in [0.2, 0.25) is 0 Å². The van der Waals surface area contributed by atoms with Crippen LogP contribution in [-0.4, -0.2) is 12.4 Å². The molecule has 0 atom stereocenters. The Kier molecular flexibility index (Phi) is 4.46. The van der Waals surface area contributed by atoms with E-state index in [0.29, 0.717) is 0 Å². The van der Waals surface area contributed by atoms with E-state index in [9.17, 15) is 4.79 Å². The number of benzene rings is 2. The minimum Gasteiger partial charge on any atom is -0.485 e. The monoisotopic (exact) mass is 282 g/mol. The quantitative estimate of drug-likeness (QED) is 0.769. The normalized spacial score (nSPS) is 11.2. The largest absolute Gasteiger partial charge is 0.485 e. The summed E-state index contributed by atoms with van der Waals surface area (Å²) in [5, 5.41) is 0. The van der Waals surface area contributed by atoms with Crippen LogP contribution in [0.4, 0.5) is 0 Å². The molecule has 0 unspecified atom stereocenters. The average Bonchev–Trinajstić information content (AvgIpc) is 2.44. The van der Waals surface area contributed by atoms with Crippen LogP contribution in [0.3, 0.4) is 0 Å². The van der Waals surface area contributed by atoms with Crippen LogP contribution in [0, 0.1) is 6.92 Å². The summed E-state index contributed by atoms with van der Waals surface area (Å²) in [7, 11) is 0. The molecule has 0 fully saturated rings. The van der Waals surface area contributed by atoms with Gasteiger partial charge in [-0.1, -0.05) is 63.2 Å². The Bertz CT molecular complexity index is 636. The zero-order valence-electron chi connectivity index (χ0n) is 13.1. The van der Waals surface area contributed by atoms with Gasteiger partial charge in [0, 0.05) is 5.56 Å². The van der Waals surface area contributed by atoms with Crippen molar-refractivity contribution in [2.45, 2.75) is 33.1 Å².